The SMILES string of the molecule is OCCNc1ccccc1B(O)O. The summed E-state index contributed by atoms with van der Waals surface area (Å²) in [5.41, 5.74) is 1.04. The summed E-state index contributed by atoms with van der Waals surface area (Å²) in [5, 5.41) is 29.4. The molecule has 1 aromatic carbocycles. The van der Waals surface area contributed by atoms with E-state index >= 15 is 0 Å². The molecule has 0 saturated heterocycles. The third-order valence-corrected chi connectivity index (χ3v) is 1.67. The van der Waals surface area contributed by atoms with Gasteiger partial charge in [0, 0.05) is 17.7 Å². The molecule has 0 bridgehead atoms. The molecule has 0 aromatic heterocycles. The number of hydrogen-bond donors (Lipinski definition) is 4. The van der Waals surface area contributed by atoms with E-state index in [2.05, 4.69) is 5.32 Å². The van der Waals surface area contributed by atoms with Crippen molar-refractivity contribution >= 4 is 18.3 Å². The van der Waals surface area contributed by atoms with Crippen molar-refractivity contribution in [1.29, 1.82) is 0 Å². The highest BCUT2D eigenvalue weighted by atomic mass is 16.4. The largest absolute Gasteiger partial charge is 0.490 e. The molecule has 70 valence electrons. The minimum Gasteiger partial charge on any atom is -0.423 e. The predicted octanol–water partition coefficient (Wildman–Crippen LogP) is -1.23. The van der Waals surface area contributed by atoms with E-state index in [1.807, 2.05) is 0 Å². The van der Waals surface area contributed by atoms with Gasteiger partial charge in [-0.25, -0.2) is 0 Å². The first-order valence-electron chi connectivity index (χ1n) is 4.05. The zero-order valence-corrected chi connectivity index (χ0v) is 7.14. The second-order valence-corrected chi connectivity index (χ2v) is 2.61. The van der Waals surface area contributed by atoms with Crippen molar-refractivity contribution in [3.05, 3.63) is 24.3 Å². The lowest BCUT2D eigenvalue weighted by molar-refractivity contribution is 0.311. The Morgan fingerprint density at radius 3 is 2.54 bits per heavy atom. The van der Waals surface area contributed by atoms with Crippen LogP contribution in [0.15, 0.2) is 24.3 Å². The fourth-order valence-corrected chi connectivity index (χ4v) is 1.07. The Balaban J connectivity index is 2.78. The molecule has 0 aliphatic carbocycles. The van der Waals surface area contributed by atoms with Gasteiger partial charge >= 0.3 is 7.12 Å². The third kappa shape index (κ3) is 2.73. The lowest BCUT2D eigenvalue weighted by Gasteiger charge is -2.09. The van der Waals surface area contributed by atoms with Gasteiger partial charge in [0.1, 0.15) is 0 Å². The summed E-state index contributed by atoms with van der Waals surface area (Å²) in [5.74, 6) is 0. The van der Waals surface area contributed by atoms with Crippen LogP contribution in [0.4, 0.5) is 5.69 Å². The number of para-hydroxylation sites is 1. The van der Waals surface area contributed by atoms with Crippen LogP contribution in [0.25, 0.3) is 0 Å². The van der Waals surface area contributed by atoms with E-state index in [9.17, 15) is 0 Å². The quantitative estimate of drug-likeness (QED) is 0.439. The molecule has 0 fully saturated rings. The van der Waals surface area contributed by atoms with Gasteiger partial charge in [0.05, 0.1) is 6.61 Å². The highest BCUT2D eigenvalue weighted by molar-refractivity contribution is 6.60. The summed E-state index contributed by atoms with van der Waals surface area (Å²) in [6.45, 7) is 0.402. The Labute approximate surface area is 77.0 Å². The first kappa shape index (κ1) is 10.0. The number of benzene rings is 1. The predicted molar refractivity (Wildman–Crippen MR) is 51.8 cm³/mol. The van der Waals surface area contributed by atoms with E-state index in [1.54, 1.807) is 24.3 Å². The van der Waals surface area contributed by atoms with Crippen LogP contribution in [0.3, 0.4) is 0 Å². The molecule has 0 aliphatic heterocycles. The molecule has 0 heterocycles. The Kier molecular flexibility index (Phi) is 3.76. The minimum atomic E-state index is -1.48. The number of aliphatic hydroxyl groups is 1. The van der Waals surface area contributed by atoms with Gasteiger partial charge in [-0.05, 0) is 6.07 Å². The second kappa shape index (κ2) is 4.86. The number of rotatable bonds is 4. The van der Waals surface area contributed by atoms with Gasteiger partial charge in [-0.1, -0.05) is 18.2 Å². The maximum absolute atomic E-state index is 8.96. The van der Waals surface area contributed by atoms with Gasteiger partial charge in [0.25, 0.3) is 0 Å². The van der Waals surface area contributed by atoms with E-state index in [0.717, 1.165) is 0 Å². The van der Waals surface area contributed by atoms with Gasteiger partial charge in [0.15, 0.2) is 0 Å². The van der Waals surface area contributed by atoms with Gasteiger partial charge < -0.3 is 20.5 Å². The monoisotopic (exact) mass is 181 g/mol. The Morgan fingerprint density at radius 2 is 1.92 bits per heavy atom. The summed E-state index contributed by atoms with van der Waals surface area (Å²) >= 11 is 0. The van der Waals surface area contributed by atoms with Gasteiger partial charge in [-0.3, -0.25) is 0 Å². The van der Waals surface area contributed by atoms with E-state index in [-0.39, 0.29) is 6.61 Å². The average molecular weight is 181 g/mol. The molecule has 13 heavy (non-hydrogen) atoms. The average Bonchev–Trinajstić information content (AvgIpc) is 2.15. The molecule has 0 radical (unpaired) electrons. The van der Waals surface area contributed by atoms with Crippen molar-refractivity contribution in [2.45, 2.75) is 0 Å². The summed E-state index contributed by atoms with van der Waals surface area (Å²) in [6, 6.07) is 6.85. The third-order valence-electron chi connectivity index (χ3n) is 1.67. The fraction of sp³-hybridized carbons (Fsp3) is 0.250. The lowest BCUT2D eigenvalue weighted by Crippen LogP contribution is -2.32. The summed E-state index contributed by atoms with van der Waals surface area (Å²) in [6.07, 6.45) is 0. The smallest absolute Gasteiger partial charge is 0.423 e. The maximum Gasteiger partial charge on any atom is 0.490 e. The molecule has 0 atom stereocenters. The minimum absolute atomic E-state index is 0.00978. The van der Waals surface area contributed by atoms with E-state index in [0.29, 0.717) is 17.7 Å². The van der Waals surface area contributed by atoms with Crippen LogP contribution in [0.5, 0.6) is 0 Å². The van der Waals surface area contributed by atoms with Crippen LogP contribution in [0.2, 0.25) is 0 Å². The van der Waals surface area contributed by atoms with Crippen LogP contribution < -0.4 is 10.8 Å². The number of anilines is 1. The molecule has 0 aliphatic rings. The topological polar surface area (TPSA) is 72.7 Å². The van der Waals surface area contributed by atoms with Crippen LogP contribution in [0, 0.1) is 0 Å². The number of hydrogen-bond acceptors (Lipinski definition) is 4. The van der Waals surface area contributed by atoms with Crippen LogP contribution in [-0.2, 0) is 0 Å². The molecular weight excluding hydrogens is 169 g/mol. The molecule has 0 saturated carbocycles. The molecule has 0 spiro atoms. The van der Waals surface area contributed by atoms with Crippen molar-refractivity contribution in [2.75, 3.05) is 18.5 Å². The van der Waals surface area contributed by atoms with E-state index in [4.69, 9.17) is 15.2 Å². The highest BCUT2D eigenvalue weighted by Gasteiger charge is 2.14. The highest BCUT2D eigenvalue weighted by Crippen LogP contribution is 2.02. The van der Waals surface area contributed by atoms with Crippen molar-refractivity contribution in [3.8, 4) is 0 Å². The van der Waals surface area contributed by atoms with Gasteiger partial charge in [-0.2, -0.15) is 0 Å². The first-order chi connectivity index (χ1) is 6.25. The molecule has 5 heteroatoms. The summed E-state index contributed by atoms with van der Waals surface area (Å²) in [7, 11) is -1.48. The number of nitrogens with one attached hydrogen (secondary N) is 1. The molecular formula is C8H12BNO3. The normalized spacial score (nSPS) is 9.77. The van der Waals surface area contributed by atoms with Crippen LogP contribution in [-0.4, -0.2) is 35.4 Å². The van der Waals surface area contributed by atoms with E-state index < -0.39 is 7.12 Å². The van der Waals surface area contributed by atoms with E-state index in [1.165, 1.54) is 0 Å². The molecule has 1 rings (SSSR count). The molecule has 4 nitrogen and oxygen atoms in total. The van der Waals surface area contributed by atoms with Crippen molar-refractivity contribution in [2.24, 2.45) is 0 Å². The summed E-state index contributed by atoms with van der Waals surface area (Å²) in [4.78, 5) is 0. The molecule has 1 aromatic rings. The zero-order valence-electron chi connectivity index (χ0n) is 7.14. The standard InChI is InChI=1S/C8H12BNO3/c11-6-5-10-8-4-2-1-3-7(8)9(12)13/h1-4,10-13H,5-6H2. The van der Waals surface area contributed by atoms with Crippen molar-refractivity contribution in [1.82, 2.24) is 0 Å². The Hall–Kier alpha value is -1.04. The maximum atomic E-state index is 8.96. The number of aliphatic hydroxyl groups excluding tert-OH is 1. The Morgan fingerprint density at radius 1 is 1.23 bits per heavy atom. The summed E-state index contributed by atoms with van der Waals surface area (Å²) < 4.78 is 0. The molecule has 0 amide bonds. The lowest BCUT2D eigenvalue weighted by atomic mass is 9.79. The van der Waals surface area contributed by atoms with Crippen LogP contribution in [0.1, 0.15) is 0 Å². The molecule has 0 unspecified atom stereocenters. The second-order valence-electron chi connectivity index (χ2n) is 2.61. The first-order valence-corrected chi connectivity index (χ1v) is 4.05. The fourth-order valence-electron chi connectivity index (χ4n) is 1.07. The zero-order chi connectivity index (χ0) is 9.68. The Bertz CT molecular complexity index is 267. The molecule has 4 N–H and O–H groups in total. The van der Waals surface area contributed by atoms with Gasteiger partial charge in [0.2, 0.25) is 0 Å². The van der Waals surface area contributed by atoms with Gasteiger partial charge in [-0.15, -0.1) is 0 Å². The van der Waals surface area contributed by atoms with Crippen molar-refractivity contribution < 1.29 is 15.2 Å². The van der Waals surface area contributed by atoms with Crippen molar-refractivity contribution in [3.63, 3.8) is 0 Å². The van der Waals surface area contributed by atoms with Crippen LogP contribution >= 0.6 is 0 Å².